The summed E-state index contributed by atoms with van der Waals surface area (Å²) < 4.78 is 0. The Bertz CT molecular complexity index is 575. The van der Waals surface area contributed by atoms with Gasteiger partial charge in [-0.25, -0.2) is 4.98 Å². The molecule has 0 aliphatic carbocycles. The number of pyridine rings is 1. The van der Waals surface area contributed by atoms with Crippen LogP contribution in [0.1, 0.15) is 10.5 Å². The zero-order chi connectivity index (χ0) is 9.54. The average molecular weight is 183 g/mol. The van der Waals surface area contributed by atoms with E-state index in [2.05, 4.69) is 15.2 Å². The molecule has 0 radical (unpaired) electrons. The standard InChI is InChI=1S/C10H5N3O/c14-10-9-8(12-13-10)7-4-2-1-3-6(7)5-11-9/h1-5H. The number of rotatable bonds is 0. The number of hydrogen-bond acceptors (Lipinski definition) is 3. The van der Waals surface area contributed by atoms with Crippen LogP contribution in [0, 0.1) is 0 Å². The van der Waals surface area contributed by atoms with Gasteiger partial charge in [0.1, 0.15) is 5.69 Å². The third kappa shape index (κ3) is 0.821. The van der Waals surface area contributed by atoms with Crippen LogP contribution in [0.5, 0.6) is 0 Å². The number of azo groups is 1. The van der Waals surface area contributed by atoms with E-state index in [1.807, 2.05) is 24.3 Å². The van der Waals surface area contributed by atoms with Crippen molar-refractivity contribution in [2.75, 3.05) is 0 Å². The summed E-state index contributed by atoms with van der Waals surface area (Å²) in [5, 5.41) is 9.19. The first-order chi connectivity index (χ1) is 6.86. The fraction of sp³-hybridized carbons (Fsp3) is 0. The maximum Gasteiger partial charge on any atom is 0.316 e. The second-order valence-electron chi connectivity index (χ2n) is 3.05. The van der Waals surface area contributed by atoms with Crippen LogP contribution in [0.3, 0.4) is 0 Å². The van der Waals surface area contributed by atoms with Crippen molar-refractivity contribution in [2.24, 2.45) is 10.2 Å². The van der Waals surface area contributed by atoms with Crippen LogP contribution in [-0.4, -0.2) is 10.9 Å². The van der Waals surface area contributed by atoms with E-state index >= 15 is 0 Å². The zero-order valence-corrected chi connectivity index (χ0v) is 7.14. The number of aromatic nitrogens is 1. The molecule has 0 bridgehead atoms. The van der Waals surface area contributed by atoms with Crippen molar-refractivity contribution in [1.82, 2.24) is 4.98 Å². The van der Waals surface area contributed by atoms with Crippen molar-refractivity contribution < 1.29 is 4.79 Å². The largest absolute Gasteiger partial charge is 0.316 e. The van der Waals surface area contributed by atoms with Gasteiger partial charge in [-0.1, -0.05) is 24.3 Å². The fourth-order valence-electron chi connectivity index (χ4n) is 1.55. The number of hydrogen-bond donors (Lipinski definition) is 0. The summed E-state index contributed by atoms with van der Waals surface area (Å²) in [4.78, 5) is 15.2. The summed E-state index contributed by atoms with van der Waals surface area (Å²) in [7, 11) is 0. The molecule has 1 aliphatic rings. The molecule has 0 saturated heterocycles. The fourth-order valence-corrected chi connectivity index (χ4v) is 1.55. The molecule has 0 spiro atoms. The minimum absolute atomic E-state index is 0.351. The normalized spacial score (nSPS) is 13.6. The third-order valence-corrected chi connectivity index (χ3v) is 2.22. The maximum atomic E-state index is 11.2. The molecule has 1 aromatic carbocycles. The lowest BCUT2D eigenvalue weighted by Gasteiger charge is -1.98. The molecule has 0 unspecified atom stereocenters. The summed E-state index contributed by atoms with van der Waals surface area (Å²) in [6.07, 6.45) is 1.67. The molecule has 1 aliphatic heterocycles. The van der Waals surface area contributed by atoms with E-state index in [-0.39, 0.29) is 5.91 Å². The molecule has 14 heavy (non-hydrogen) atoms. The minimum atomic E-state index is -0.356. The van der Waals surface area contributed by atoms with Gasteiger partial charge < -0.3 is 0 Å². The molecule has 1 amide bonds. The molecule has 2 heterocycles. The van der Waals surface area contributed by atoms with E-state index in [0.717, 1.165) is 10.8 Å². The lowest BCUT2D eigenvalue weighted by atomic mass is 10.1. The Morgan fingerprint density at radius 2 is 1.93 bits per heavy atom. The van der Waals surface area contributed by atoms with Gasteiger partial charge in [0.25, 0.3) is 0 Å². The van der Waals surface area contributed by atoms with E-state index in [9.17, 15) is 4.79 Å². The van der Waals surface area contributed by atoms with Crippen molar-refractivity contribution in [3.63, 3.8) is 0 Å². The molecule has 1 aromatic heterocycles. The molecule has 4 nitrogen and oxygen atoms in total. The highest BCUT2D eigenvalue weighted by Crippen LogP contribution is 2.32. The van der Waals surface area contributed by atoms with Crippen molar-refractivity contribution in [3.8, 4) is 0 Å². The predicted octanol–water partition coefficient (Wildman–Crippen LogP) is 2.47. The van der Waals surface area contributed by atoms with E-state index in [0.29, 0.717) is 11.4 Å². The first-order valence-corrected chi connectivity index (χ1v) is 4.20. The average Bonchev–Trinajstić information content (AvgIpc) is 2.61. The van der Waals surface area contributed by atoms with Crippen molar-refractivity contribution in [2.45, 2.75) is 0 Å². The Morgan fingerprint density at radius 1 is 1.07 bits per heavy atom. The van der Waals surface area contributed by atoms with Crippen molar-refractivity contribution in [1.29, 1.82) is 0 Å². The molecule has 0 saturated carbocycles. The van der Waals surface area contributed by atoms with Gasteiger partial charge >= 0.3 is 5.91 Å². The second kappa shape index (κ2) is 2.45. The Hall–Kier alpha value is -2.10. The van der Waals surface area contributed by atoms with Crippen LogP contribution < -0.4 is 0 Å². The molecule has 3 rings (SSSR count). The lowest BCUT2D eigenvalue weighted by molar-refractivity contribution is 0.0998. The number of benzene rings is 1. The molecule has 4 heteroatoms. The summed E-state index contributed by atoms with van der Waals surface area (Å²) in [6.45, 7) is 0. The summed E-state index contributed by atoms with van der Waals surface area (Å²) in [5.41, 5.74) is 0.941. The van der Waals surface area contributed by atoms with Gasteiger partial charge in [0.2, 0.25) is 0 Å². The first-order valence-electron chi connectivity index (χ1n) is 4.20. The number of carbonyl (C=O) groups is 1. The van der Waals surface area contributed by atoms with Crippen LogP contribution in [-0.2, 0) is 0 Å². The predicted molar refractivity (Wildman–Crippen MR) is 50.6 cm³/mol. The molecular weight excluding hydrogens is 178 g/mol. The van der Waals surface area contributed by atoms with Crippen LogP contribution in [0.25, 0.3) is 10.8 Å². The van der Waals surface area contributed by atoms with Gasteiger partial charge in [0, 0.05) is 17.0 Å². The zero-order valence-electron chi connectivity index (χ0n) is 7.14. The highest BCUT2D eigenvalue weighted by atomic mass is 16.2. The Morgan fingerprint density at radius 3 is 2.86 bits per heavy atom. The van der Waals surface area contributed by atoms with E-state index in [1.165, 1.54) is 0 Å². The van der Waals surface area contributed by atoms with E-state index in [4.69, 9.17) is 0 Å². The van der Waals surface area contributed by atoms with E-state index < -0.39 is 0 Å². The van der Waals surface area contributed by atoms with Crippen LogP contribution in [0.4, 0.5) is 5.69 Å². The number of fused-ring (bicyclic) bond motifs is 3. The smallest absolute Gasteiger partial charge is 0.263 e. The second-order valence-corrected chi connectivity index (χ2v) is 3.05. The van der Waals surface area contributed by atoms with Gasteiger partial charge in [0.15, 0.2) is 5.69 Å². The Balaban J connectivity index is 2.49. The van der Waals surface area contributed by atoms with Gasteiger partial charge in [-0.15, -0.1) is 10.2 Å². The molecule has 0 N–H and O–H groups in total. The van der Waals surface area contributed by atoms with Crippen LogP contribution in [0.2, 0.25) is 0 Å². The van der Waals surface area contributed by atoms with Crippen LogP contribution in [0.15, 0.2) is 40.7 Å². The monoisotopic (exact) mass is 183 g/mol. The van der Waals surface area contributed by atoms with Gasteiger partial charge in [0.05, 0.1) is 0 Å². The highest BCUT2D eigenvalue weighted by Gasteiger charge is 2.20. The van der Waals surface area contributed by atoms with Gasteiger partial charge in [-0.2, -0.15) is 0 Å². The maximum absolute atomic E-state index is 11.2. The van der Waals surface area contributed by atoms with E-state index in [1.54, 1.807) is 6.20 Å². The Labute approximate surface area is 79.3 Å². The van der Waals surface area contributed by atoms with Crippen molar-refractivity contribution in [3.05, 3.63) is 36.2 Å². The minimum Gasteiger partial charge on any atom is -0.263 e. The molecule has 0 fully saturated rings. The number of amides is 1. The Kier molecular flexibility index (Phi) is 1.28. The SMILES string of the molecule is O=C1N=Nc2c1ncc1ccccc21. The van der Waals surface area contributed by atoms with Gasteiger partial charge in [-0.05, 0) is 0 Å². The molecule has 66 valence electrons. The lowest BCUT2D eigenvalue weighted by Crippen LogP contribution is -1.93. The summed E-state index contributed by atoms with van der Waals surface area (Å²) in [6, 6.07) is 7.67. The number of carbonyl (C=O) groups excluding carboxylic acids is 1. The van der Waals surface area contributed by atoms with Gasteiger partial charge in [-0.3, -0.25) is 4.79 Å². The molecule has 2 aromatic rings. The number of nitrogens with zero attached hydrogens (tertiary/aromatic N) is 3. The molecule has 0 atom stereocenters. The quantitative estimate of drug-likeness (QED) is 0.629. The van der Waals surface area contributed by atoms with Crippen molar-refractivity contribution >= 4 is 22.4 Å². The summed E-state index contributed by atoms with van der Waals surface area (Å²) >= 11 is 0. The summed E-state index contributed by atoms with van der Waals surface area (Å²) in [5.74, 6) is -0.356. The highest BCUT2D eigenvalue weighted by molar-refractivity contribution is 6.07. The topological polar surface area (TPSA) is 54.7 Å². The molecular formula is C10H5N3O. The first kappa shape index (κ1) is 7.32. The third-order valence-electron chi connectivity index (χ3n) is 2.22. The van der Waals surface area contributed by atoms with Crippen LogP contribution >= 0.6 is 0 Å².